The van der Waals surface area contributed by atoms with Crippen molar-refractivity contribution in [2.75, 3.05) is 39.5 Å². The SMILES string of the molecule is COC1CCN(CCCCCCCCCCC(=O)CN)CC1.CS. The average molecular weight is 361 g/mol. The van der Waals surface area contributed by atoms with Crippen LogP contribution in [-0.2, 0) is 9.53 Å². The fourth-order valence-electron chi connectivity index (χ4n) is 3.19. The highest BCUT2D eigenvalue weighted by Crippen LogP contribution is 2.14. The lowest BCUT2D eigenvalue weighted by Gasteiger charge is -2.31. The number of unbranched alkanes of at least 4 members (excludes halogenated alkanes) is 7. The molecule has 0 aromatic rings. The van der Waals surface area contributed by atoms with E-state index < -0.39 is 0 Å². The van der Waals surface area contributed by atoms with E-state index in [9.17, 15) is 4.79 Å². The van der Waals surface area contributed by atoms with E-state index in [-0.39, 0.29) is 12.3 Å². The van der Waals surface area contributed by atoms with Gasteiger partial charge in [0.1, 0.15) is 5.78 Å². The zero-order valence-corrected chi connectivity index (χ0v) is 16.9. The van der Waals surface area contributed by atoms with Gasteiger partial charge in [0, 0.05) is 26.6 Å². The number of nitrogens with zero attached hydrogens (tertiary/aromatic N) is 1. The Kier molecular flexibility index (Phi) is 17.6. The minimum Gasteiger partial charge on any atom is -0.381 e. The van der Waals surface area contributed by atoms with Crippen molar-refractivity contribution in [3.05, 3.63) is 0 Å². The van der Waals surface area contributed by atoms with Gasteiger partial charge in [-0.25, -0.2) is 0 Å². The molecular weight excluding hydrogens is 320 g/mol. The fourth-order valence-corrected chi connectivity index (χ4v) is 3.19. The summed E-state index contributed by atoms with van der Waals surface area (Å²) in [5, 5.41) is 0. The topological polar surface area (TPSA) is 55.6 Å². The third kappa shape index (κ3) is 13.2. The Morgan fingerprint density at radius 2 is 1.50 bits per heavy atom. The number of Topliss-reactive ketones (excluding diaryl/α,β-unsaturated/α-hetero) is 1. The van der Waals surface area contributed by atoms with Gasteiger partial charge in [-0.15, -0.1) is 0 Å². The molecule has 144 valence electrons. The lowest BCUT2D eigenvalue weighted by molar-refractivity contribution is -0.117. The van der Waals surface area contributed by atoms with Crippen LogP contribution in [-0.4, -0.2) is 56.3 Å². The van der Waals surface area contributed by atoms with E-state index >= 15 is 0 Å². The molecule has 0 aliphatic carbocycles. The maximum Gasteiger partial charge on any atom is 0.146 e. The third-order valence-electron chi connectivity index (χ3n) is 4.78. The van der Waals surface area contributed by atoms with E-state index in [2.05, 4.69) is 17.5 Å². The van der Waals surface area contributed by atoms with Gasteiger partial charge in [0.15, 0.2) is 0 Å². The van der Waals surface area contributed by atoms with Crippen molar-refractivity contribution in [3.8, 4) is 0 Å². The molecule has 0 aromatic carbocycles. The van der Waals surface area contributed by atoms with Crippen LogP contribution in [0.4, 0.5) is 0 Å². The Balaban J connectivity index is 0.00000254. The van der Waals surface area contributed by atoms with Crippen molar-refractivity contribution in [2.45, 2.75) is 76.7 Å². The number of rotatable bonds is 13. The number of hydrogen-bond donors (Lipinski definition) is 2. The molecule has 4 nitrogen and oxygen atoms in total. The molecule has 5 heteroatoms. The van der Waals surface area contributed by atoms with Crippen LogP contribution in [0.25, 0.3) is 0 Å². The van der Waals surface area contributed by atoms with Gasteiger partial charge >= 0.3 is 0 Å². The highest BCUT2D eigenvalue weighted by molar-refractivity contribution is 7.79. The number of likely N-dealkylation sites (tertiary alicyclic amines) is 1. The number of methoxy groups -OCH3 is 1. The number of thiol groups is 1. The normalized spacial score (nSPS) is 15.8. The molecule has 0 radical (unpaired) electrons. The van der Waals surface area contributed by atoms with Crippen molar-refractivity contribution in [1.29, 1.82) is 0 Å². The summed E-state index contributed by atoms with van der Waals surface area (Å²) in [6.45, 7) is 3.89. The first-order chi connectivity index (χ1) is 11.8. The standard InChI is InChI=1S/C18H36N2O2.CH4S/c1-22-18-11-14-20(15-12-18)13-9-7-5-3-2-4-6-8-10-17(21)16-19;1-2/h18H,2-16,19H2,1H3;2H,1H3. The molecular formula is C19H40N2O2S. The van der Waals surface area contributed by atoms with E-state index in [4.69, 9.17) is 10.5 Å². The molecule has 1 aliphatic heterocycles. The lowest BCUT2D eigenvalue weighted by Crippen LogP contribution is -2.37. The Morgan fingerprint density at radius 3 is 2.00 bits per heavy atom. The van der Waals surface area contributed by atoms with Gasteiger partial charge < -0.3 is 15.4 Å². The van der Waals surface area contributed by atoms with Gasteiger partial charge in [0.25, 0.3) is 0 Å². The van der Waals surface area contributed by atoms with E-state index in [1.165, 1.54) is 77.4 Å². The summed E-state index contributed by atoms with van der Waals surface area (Å²) in [5.74, 6) is 0.203. The van der Waals surface area contributed by atoms with Gasteiger partial charge in [-0.2, -0.15) is 12.6 Å². The van der Waals surface area contributed by atoms with Crippen LogP contribution in [0, 0.1) is 0 Å². The molecule has 0 amide bonds. The van der Waals surface area contributed by atoms with Crippen LogP contribution in [0.1, 0.15) is 70.6 Å². The Labute approximate surface area is 155 Å². The first kappa shape index (κ1) is 23.9. The molecule has 0 atom stereocenters. The van der Waals surface area contributed by atoms with Gasteiger partial charge in [-0.1, -0.05) is 38.5 Å². The summed E-state index contributed by atoms with van der Waals surface area (Å²) < 4.78 is 5.41. The van der Waals surface area contributed by atoms with Gasteiger partial charge in [0.05, 0.1) is 12.6 Å². The van der Waals surface area contributed by atoms with Crippen LogP contribution in [0.2, 0.25) is 0 Å². The van der Waals surface area contributed by atoms with Crippen molar-refractivity contribution < 1.29 is 9.53 Å². The van der Waals surface area contributed by atoms with Crippen molar-refractivity contribution >= 4 is 18.4 Å². The zero-order chi connectivity index (χ0) is 18.0. The average Bonchev–Trinajstić information content (AvgIpc) is 2.65. The summed E-state index contributed by atoms with van der Waals surface area (Å²) in [7, 11) is 1.83. The third-order valence-corrected chi connectivity index (χ3v) is 4.78. The van der Waals surface area contributed by atoms with E-state index in [1.54, 1.807) is 6.26 Å². The molecule has 0 bridgehead atoms. The van der Waals surface area contributed by atoms with E-state index in [1.807, 2.05) is 7.11 Å². The van der Waals surface area contributed by atoms with E-state index in [0.717, 1.165) is 6.42 Å². The molecule has 2 N–H and O–H groups in total. The number of hydrogen-bond acceptors (Lipinski definition) is 5. The van der Waals surface area contributed by atoms with Crippen LogP contribution < -0.4 is 5.73 Å². The number of carbonyl (C=O) groups excluding carboxylic acids is 1. The number of ketones is 1. The minimum atomic E-state index is 0.203. The maximum atomic E-state index is 11.0. The van der Waals surface area contributed by atoms with E-state index in [0.29, 0.717) is 12.5 Å². The molecule has 1 saturated heterocycles. The van der Waals surface area contributed by atoms with Crippen molar-refractivity contribution in [2.24, 2.45) is 5.73 Å². The molecule has 1 aliphatic rings. The molecule has 0 unspecified atom stereocenters. The van der Waals surface area contributed by atoms with Gasteiger partial charge in [-0.05, 0) is 38.5 Å². The summed E-state index contributed by atoms with van der Waals surface area (Å²) in [5.41, 5.74) is 5.29. The molecule has 0 saturated carbocycles. The number of carbonyl (C=O) groups is 1. The number of piperidine rings is 1. The van der Waals surface area contributed by atoms with Crippen molar-refractivity contribution in [1.82, 2.24) is 4.90 Å². The Hall–Kier alpha value is -0.100. The van der Waals surface area contributed by atoms with Crippen LogP contribution in [0.15, 0.2) is 0 Å². The second-order valence-electron chi connectivity index (χ2n) is 6.60. The lowest BCUT2D eigenvalue weighted by atomic mass is 10.0. The monoisotopic (exact) mass is 360 g/mol. The summed E-state index contributed by atoms with van der Waals surface area (Å²) in [4.78, 5) is 13.6. The maximum absolute atomic E-state index is 11.0. The predicted molar refractivity (Wildman–Crippen MR) is 107 cm³/mol. The second-order valence-corrected chi connectivity index (χ2v) is 6.60. The predicted octanol–water partition coefficient (Wildman–Crippen LogP) is 3.68. The molecule has 0 spiro atoms. The van der Waals surface area contributed by atoms with Gasteiger partial charge in [0.2, 0.25) is 0 Å². The molecule has 1 fully saturated rings. The largest absolute Gasteiger partial charge is 0.381 e. The van der Waals surface area contributed by atoms with Crippen LogP contribution in [0.5, 0.6) is 0 Å². The Bertz CT molecular complexity index is 283. The fraction of sp³-hybridized carbons (Fsp3) is 0.947. The second kappa shape index (κ2) is 17.7. The van der Waals surface area contributed by atoms with Crippen molar-refractivity contribution in [3.63, 3.8) is 0 Å². The summed E-state index contributed by atoms with van der Waals surface area (Å²) in [6.07, 6.45) is 15.4. The van der Waals surface area contributed by atoms with Crippen LogP contribution >= 0.6 is 12.6 Å². The first-order valence-electron chi connectivity index (χ1n) is 9.68. The number of ether oxygens (including phenoxy) is 1. The molecule has 1 rings (SSSR count). The summed E-state index contributed by atoms with van der Waals surface area (Å²) >= 11 is 3.53. The highest BCUT2D eigenvalue weighted by Gasteiger charge is 2.17. The molecule has 0 aromatic heterocycles. The molecule has 1 heterocycles. The molecule has 24 heavy (non-hydrogen) atoms. The number of nitrogens with two attached hydrogens (primary N) is 1. The Morgan fingerprint density at radius 1 is 1.00 bits per heavy atom. The summed E-state index contributed by atoms with van der Waals surface area (Å²) in [6, 6.07) is 0. The highest BCUT2D eigenvalue weighted by atomic mass is 32.1. The zero-order valence-electron chi connectivity index (χ0n) is 16.0. The first-order valence-corrected chi connectivity index (χ1v) is 10.6. The minimum absolute atomic E-state index is 0.203. The van der Waals surface area contributed by atoms with Gasteiger partial charge in [-0.3, -0.25) is 4.79 Å². The van der Waals surface area contributed by atoms with Crippen LogP contribution in [0.3, 0.4) is 0 Å². The quantitative estimate of drug-likeness (QED) is 0.388. The smallest absolute Gasteiger partial charge is 0.146 e.